The van der Waals surface area contributed by atoms with E-state index in [9.17, 15) is 4.79 Å². The molecule has 98 valence electrons. The Morgan fingerprint density at radius 3 is 2.72 bits per heavy atom. The lowest BCUT2D eigenvalue weighted by Crippen LogP contribution is -2.21. The van der Waals surface area contributed by atoms with Crippen LogP contribution in [0, 0.1) is 11.8 Å². The minimum Gasteiger partial charge on any atom is -0.478 e. The molecule has 1 fully saturated rings. The lowest BCUT2D eigenvalue weighted by molar-refractivity contribution is 0.0697. The van der Waals surface area contributed by atoms with Crippen LogP contribution in [0.15, 0.2) is 22.7 Å². The van der Waals surface area contributed by atoms with Crippen molar-refractivity contribution in [3.63, 3.8) is 0 Å². The van der Waals surface area contributed by atoms with Gasteiger partial charge >= 0.3 is 5.97 Å². The summed E-state index contributed by atoms with van der Waals surface area (Å²) < 4.78 is 0.873. The van der Waals surface area contributed by atoms with E-state index in [1.807, 2.05) is 6.07 Å². The Hall–Kier alpha value is -0.870. The summed E-state index contributed by atoms with van der Waals surface area (Å²) in [6.45, 7) is 4.26. The van der Waals surface area contributed by atoms with Crippen LogP contribution in [0.25, 0.3) is 0 Å². The molecule has 1 aliphatic carbocycles. The zero-order chi connectivity index (χ0) is 13.3. The van der Waals surface area contributed by atoms with Gasteiger partial charge in [0.1, 0.15) is 0 Å². The van der Waals surface area contributed by atoms with Crippen LogP contribution in [-0.4, -0.2) is 29.6 Å². The summed E-state index contributed by atoms with van der Waals surface area (Å²) in [5, 5.41) is 8.91. The molecule has 1 aromatic rings. The van der Waals surface area contributed by atoms with Crippen LogP contribution in [0.2, 0.25) is 0 Å². The van der Waals surface area contributed by atoms with Gasteiger partial charge < -0.3 is 10.0 Å². The summed E-state index contributed by atoms with van der Waals surface area (Å²) in [6, 6.07) is 5.22. The molecule has 0 heterocycles. The van der Waals surface area contributed by atoms with Crippen molar-refractivity contribution in [3.8, 4) is 0 Å². The molecule has 1 N–H and O–H groups in total. The average molecular weight is 312 g/mol. The quantitative estimate of drug-likeness (QED) is 0.907. The van der Waals surface area contributed by atoms with Gasteiger partial charge in [0.15, 0.2) is 0 Å². The van der Waals surface area contributed by atoms with Crippen LogP contribution in [-0.2, 0) is 6.54 Å². The van der Waals surface area contributed by atoms with Gasteiger partial charge in [0.05, 0.1) is 5.56 Å². The van der Waals surface area contributed by atoms with Crippen molar-refractivity contribution >= 4 is 21.9 Å². The van der Waals surface area contributed by atoms with E-state index in [0.29, 0.717) is 5.56 Å². The van der Waals surface area contributed by atoms with E-state index in [4.69, 9.17) is 5.11 Å². The van der Waals surface area contributed by atoms with Crippen LogP contribution in [0.1, 0.15) is 29.3 Å². The number of carboxylic acid groups (broad SMARTS) is 1. The van der Waals surface area contributed by atoms with Gasteiger partial charge in [0, 0.05) is 17.6 Å². The van der Waals surface area contributed by atoms with E-state index in [-0.39, 0.29) is 0 Å². The second-order valence-electron chi connectivity index (χ2n) is 5.28. The molecule has 2 unspecified atom stereocenters. The molecule has 2 atom stereocenters. The number of benzene rings is 1. The van der Waals surface area contributed by atoms with Crippen molar-refractivity contribution in [2.24, 2.45) is 11.8 Å². The number of hydrogen-bond acceptors (Lipinski definition) is 2. The van der Waals surface area contributed by atoms with Gasteiger partial charge in [0.25, 0.3) is 0 Å². The molecule has 0 saturated heterocycles. The second-order valence-corrected chi connectivity index (χ2v) is 6.14. The van der Waals surface area contributed by atoms with E-state index < -0.39 is 5.97 Å². The Labute approximate surface area is 116 Å². The first-order valence-electron chi connectivity index (χ1n) is 6.17. The molecular formula is C14H18BrNO2. The number of hydrogen-bond donors (Lipinski definition) is 1. The van der Waals surface area contributed by atoms with E-state index in [1.54, 1.807) is 12.1 Å². The minimum absolute atomic E-state index is 0.323. The fourth-order valence-corrected chi connectivity index (χ4v) is 2.72. The van der Waals surface area contributed by atoms with Gasteiger partial charge in [0.2, 0.25) is 0 Å². The normalized spacial score (nSPS) is 22.2. The Morgan fingerprint density at radius 2 is 2.22 bits per heavy atom. The van der Waals surface area contributed by atoms with E-state index in [0.717, 1.165) is 35.0 Å². The summed E-state index contributed by atoms with van der Waals surface area (Å²) in [7, 11) is 2.11. The summed E-state index contributed by atoms with van der Waals surface area (Å²) in [6.07, 6.45) is 1.34. The molecule has 1 saturated carbocycles. The molecule has 0 bridgehead atoms. The number of aromatic carboxylic acids is 1. The SMILES string of the molecule is CC1CC1CN(C)Cc1ccc(C(=O)O)cc1Br. The van der Waals surface area contributed by atoms with Crippen molar-refractivity contribution in [3.05, 3.63) is 33.8 Å². The van der Waals surface area contributed by atoms with Crippen molar-refractivity contribution in [2.75, 3.05) is 13.6 Å². The highest BCUT2D eigenvalue weighted by atomic mass is 79.9. The molecule has 1 aromatic carbocycles. The Bertz CT molecular complexity index is 461. The van der Waals surface area contributed by atoms with Gasteiger partial charge in [-0.3, -0.25) is 0 Å². The second kappa shape index (κ2) is 5.41. The summed E-state index contributed by atoms with van der Waals surface area (Å²) >= 11 is 3.45. The smallest absolute Gasteiger partial charge is 0.335 e. The molecule has 0 amide bonds. The number of nitrogens with zero attached hydrogens (tertiary/aromatic N) is 1. The maximum Gasteiger partial charge on any atom is 0.335 e. The first-order chi connectivity index (χ1) is 8.47. The average Bonchev–Trinajstić information content (AvgIpc) is 2.96. The highest BCUT2D eigenvalue weighted by molar-refractivity contribution is 9.10. The lowest BCUT2D eigenvalue weighted by atomic mass is 10.1. The predicted octanol–water partition coefficient (Wildman–Crippen LogP) is 3.24. The number of carboxylic acids is 1. The molecule has 18 heavy (non-hydrogen) atoms. The first-order valence-corrected chi connectivity index (χ1v) is 6.97. The topological polar surface area (TPSA) is 40.5 Å². The van der Waals surface area contributed by atoms with Gasteiger partial charge in [-0.1, -0.05) is 28.9 Å². The van der Waals surface area contributed by atoms with Gasteiger partial charge in [-0.25, -0.2) is 4.79 Å². The summed E-state index contributed by atoms with van der Waals surface area (Å²) in [5.74, 6) is 0.819. The third-order valence-electron chi connectivity index (χ3n) is 3.56. The molecular weight excluding hydrogens is 294 g/mol. The molecule has 0 spiro atoms. The van der Waals surface area contributed by atoms with Crippen molar-refractivity contribution in [2.45, 2.75) is 19.9 Å². The highest BCUT2D eigenvalue weighted by Gasteiger charge is 2.33. The third-order valence-corrected chi connectivity index (χ3v) is 4.30. The van der Waals surface area contributed by atoms with Crippen LogP contribution in [0.3, 0.4) is 0 Å². The van der Waals surface area contributed by atoms with Crippen molar-refractivity contribution in [1.29, 1.82) is 0 Å². The van der Waals surface area contributed by atoms with E-state index in [1.165, 1.54) is 6.42 Å². The zero-order valence-corrected chi connectivity index (χ0v) is 12.3. The number of halogens is 1. The van der Waals surface area contributed by atoms with Crippen LogP contribution in [0.4, 0.5) is 0 Å². The highest BCUT2D eigenvalue weighted by Crippen LogP contribution is 2.38. The van der Waals surface area contributed by atoms with E-state index in [2.05, 4.69) is 34.8 Å². The number of rotatable bonds is 5. The monoisotopic (exact) mass is 311 g/mol. The van der Waals surface area contributed by atoms with Gasteiger partial charge in [-0.2, -0.15) is 0 Å². The molecule has 4 heteroatoms. The molecule has 0 aromatic heterocycles. The Morgan fingerprint density at radius 1 is 1.56 bits per heavy atom. The maximum atomic E-state index is 10.8. The van der Waals surface area contributed by atoms with Crippen molar-refractivity contribution in [1.82, 2.24) is 4.90 Å². The van der Waals surface area contributed by atoms with Crippen molar-refractivity contribution < 1.29 is 9.90 Å². The molecule has 0 radical (unpaired) electrons. The number of carbonyl (C=O) groups is 1. The molecule has 1 aliphatic rings. The van der Waals surface area contributed by atoms with Gasteiger partial charge in [-0.05, 0) is 43.0 Å². The summed E-state index contributed by atoms with van der Waals surface area (Å²) in [5.41, 5.74) is 1.46. The Kier molecular flexibility index (Phi) is 4.07. The standard InChI is InChI=1S/C14H18BrNO2/c1-9-5-12(9)8-16(2)7-11-4-3-10(14(17)18)6-13(11)15/h3-4,6,9,12H,5,7-8H2,1-2H3,(H,17,18). The third kappa shape index (κ3) is 3.33. The molecule has 3 nitrogen and oxygen atoms in total. The predicted molar refractivity (Wildman–Crippen MR) is 74.7 cm³/mol. The fourth-order valence-electron chi connectivity index (χ4n) is 2.22. The van der Waals surface area contributed by atoms with Crippen LogP contribution in [0.5, 0.6) is 0 Å². The Balaban J connectivity index is 1.98. The maximum absolute atomic E-state index is 10.8. The fraction of sp³-hybridized carbons (Fsp3) is 0.500. The van der Waals surface area contributed by atoms with Crippen LogP contribution >= 0.6 is 15.9 Å². The zero-order valence-electron chi connectivity index (χ0n) is 10.7. The lowest BCUT2D eigenvalue weighted by Gasteiger charge is -2.17. The molecule has 0 aliphatic heterocycles. The summed E-state index contributed by atoms with van der Waals surface area (Å²) in [4.78, 5) is 13.1. The first kappa shape index (κ1) is 13.6. The minimum atomic E-state index is -0.887. The largest absolute Gasteiger partial charge is 0.478 e. The van der Waals surface area contributed by atoms with Gasteiger partial charge in [-0.15, -0.1) is 0 Å². The molecule has 2 rings (SSSR count). The van der Waals surface area contributed by atoms with E-state index >= 15 is 0 Å². The van der Waals surface area contributed by atoms with Crippen LogP contribution < -0.4 is 0 Å².